The normalized spacial score (nSPS) is 13.3. The zero-order valence-corrected chi connectivity index (χ0v) is 16.9. The van der Waals surface area contributed by atoms with E-state index in [0.29, 0.717) is 12.2 Å². The molecule has 0 bridgehead atoms. The molecule has 1 aromatic heterocycles. The molecule has 0 fully saturated rings. The van der Waals surface area contributed by atoms with E-state index >= 15 is 0 Å². The highest BCUT2D eigenvalue weighted by Gasteiger charge is 2.24. The molecule has 1 atom stereocenters. The Balaban J connectivity index is 2.06. The fourth-order valence-corrected chi connectivity index (χ4v) is 3.46. The Morgan fingerprint density at radius 3 is 2.37 bits per heavy atom. The number of hydrogen-bond donors (Lipinski definition) is 0. The van der Waals surface area contributed by atoms with Gasteiger partial charge in [0.15, 0.2) is 0 Å². The van der Waals surface area contributed by atoms with Crippen LogP contribution in [0.1, 0.15) is 38.5 Å². The molecule has 2 rings (SSSR count). The van der Waals surface area contributed by atoms with Crippen LogP contribution in [0.5, 0.6) is 0 Å². The van der Waals surface area contributed by atoms with Crippen molar-refractivity contribution in [3.63, 3.8) is 0 Å². The molecule has 0 saturated heterocycles. The van der Waals surface area contributed by atoms with Crippen LogP contribution in [-0.2, 0) is 30.3 Å². The van der Waals surface area contributed by atoms with Crippen molar-refractivity contribution >= 4 is 16.1 Å². The van der Waals surface area contributed by atoms with Gasteiger partial charge in [-0.15, -0.1) is 0 Å². The first-order valence-corrected chi connectivity index (χ1v) is 10.2. The number of aryl methyl sites for hydroxylation is 1. The lowest BCUT2D eigenvalue weighted by Crippen LogP contribution is -2.27. The highest BCUT2D eigenvalue weighted by atomic mass is 32.2. The van der Waals surface area contributed by atoms with Crippen LogP contribution in [0.25, 0.3) is 0 Å². The summed E-state index contributed by atoms with van der Waals surface area (Å²) in [5, 5.41) is 0. The van der Waals surface area contributed by atoms with Gasteiger partial charge in [-0.3, -0.25) is 8.98 Å². The molecule has 0 unspecified atom stereocenters. The van der Waals surface area contributed by atoms with Crippen LogP contribution >= 0.6 is 0 Å². The first-order valence-electron chi connectivity index (χ1n) is 8.75. The standard InChI is InChI=1S/C20H26O6S/c1-15-7-9-18(10-8-15)27(22,23)25-14-16(12-17-6-5-11-24-17)13-19(21)26-20(2,3)4/h5-11,16H,12-14H2,1-4H3/t16-/m0/s1. The number of carbonyl (C=O) groups is 1. The average molecular weight is 394 g/mol. The molecule has 7 heteroatoms. The van der Waals surface area contributed by atoms with Crippen LogP contribution in [0, 0.1) is 12.8 Å². The molecule has 0 N–H and O–H groups in total. The van der Waals surface area contributed by atoms with E-state index in [1.807, 2.05) is 6.92 Å². The van der Waals surface area contributed by atoms with Gasteiger partial charge in [-0.25, -0.2) is 0 Å². The zero-order valence-electron chi connectivity index (χ0n) is 16.1. The van der Waals surface area contributed by atoms with Gasteiger partial charge in [0.05, 0.1) is 24.2 Å². The van der Waals surface area contributed by atoms with Gasteiger partial charge < -0.3 is 9.15 Å². The molecule has 0 amide bonds. The van der Waals surface area contributed by atoms with Gasteiger partial charge in [0, 0.05) is 12.3 Å². The maximum Gasteiger partial charge on any atom is 0.306 e. The van der Waals surface area contributed by atoms with E-state index in [1.54, 1.807) is 45.0 Å². The average Bonchev–Trinajstić information content (AvgIpc) is 3.04. The van der Waals surface area contributed by atoms with E-state index in [4.69, 9.17) is 13.3 Å². The molecular weight excluding hydrogens is 368 g/mol. The van der Waals surface area contributed by atoms with Gasteiger partial charge in [0.2, 0.25) is 0 Å². The van der Waals surface area contributed by atoms with E-state index in [-0.39, 0.29) is 17.9 Å². The first kappa shape index (κ1) is 21.2. The van der Waals surface area contributed by atoms with E-state index in [1.165, 1.54) is 18.4 Å². The lowest BCUT2D eigenvalue weighted by atomic mass is 10.0. The van der Waals surface area contributed by atoms with Crippen LogP contribution in [0.15, 0.2) is 52.0 Å². The Kier molecular flexibility index (Phi) is 6.84. The van der Waals surface area contributed by atoms with Gasteiger partial charge in [-0.2, -0.15) is 8.42 Å². The highest BCUT2D eigenvalue weighted by molar-refractivity contribution is 7.86. The Labute approximate surface area is 160 Å². The van der Waals surface area contributed by atoms with Crippen molar-refractivity contribution < 1.29 is 26.5 Å². The molecule has 0 spiro atoms. The van der Waals surface area contributed by atoms with Crippen molar-refractivity contribution in [2.45, 2.75) is 51.0 Å². The van der Waals surface area contributed by atoms with Crippen LogP contribution in [-0.4, -0.2) is 26.6 Å². The number of carbonyl (C=O) groups excluding carboxylic acids is 1. The summed E-state index contributed by atoms with van der Waals surface area (Å²) in [6.45, 7) is 7.08. The molecule has 0 saturated carbocycles. The molecule has 6 nitrogen and oxygen atoms in total. The van der Waals surface area contributed by atoms with E-state index in [0.717, 1.165) is 5.56 Å². The summed E-state index contributed by atoms with van der Waals surface area (Å²) in [5.74, 6) is -0.151. The summed E-state index contributed by atoms with van der Waals surface area (Å²) in [4.78, 5) is 12.3. The van der Waals surface area contributed by atoms with Crippen molar-refractivity contribution in [1.82, 2.24) is 0 Å². The van der Waals surface area contributed by atoms with Crippen LogP contribution in [0.4, 0.5) is 0 Å². The van der Waals surface area contributed by atoms with E-state index in [2.05, 4.69) is 0 Å². The SMILES string of the molecule is Cc1ccc(S(=O)(=O)OC[C@H](CC(=O)OC(C)(C)C)Cc2ccco2)cc1. The van der Waals surface area contributed by atoms with Crippen molar-refractivity contribution in [2.24, 2.45) is 5.92 Å². The minimum absolute atomic E-state index is 0.0292. The monoisotopic (exact) mass is 394 g/mol. The van der Waals surface area contributed by atoms with Crippen LogP contribution < -0.4 is 0 Å². The Morgan fingerprint density at radius 1 is 1.15 bits per heavy atom. The lowest BCUT2D eigenvalue weighted by molar-refractivity contribution is -0.156. The summed E-state index contributed by atoms with van der Waals surface area (Å²) in [5.41, 5.74) is 0.343. The van der Waals surface area contributed by atoms with Crippen LogP contribution in [0.2, 0.25) is 0 Å². The number of esters is 1. The van der Waals surface area contributed by atoms with Gasteiger partial charge in [-0.1, -0.05) is 17.7 Å². The minimum Gasteiger partial charge on any atom is -0.469 e. The fourth-order valence-electron chi connectivity index (χ4n) is 2.48. The number of hydrogen-bond acceptors (Lipinski definition) is 6. The third-order valence-electron chi connectivity index (χ3n) is 3.71. The third kappa shape index (κ3) is 7.19. The van der Waals surface area contributed by atoms with Crippen molar-refractivity contribution in [2.75, 3.05) is 6.61 Å². The highest BCUT2D eigenvalue weighted by Crippen LogP contribution is 2.20. The molecule has 2 aromatic rings. The molecular formula is C20H26O6S. The van der Waals surface area contributed by atoms with E-state index < -0.39 is 27.6 Å². The molecule has 0 aliphatic heterocycles. The first-order chi connectivity index (χ1) is 12.5. The van der Waals surface area contributed by atoms with E-state index in [9.17, 15) is 13.2 Å². The number of furan rings is 1. The summed E-state index contributed by atoms with van der Waals surface area (Å²) in [6, 6.07) is 9.93. The third-order valence-corrected chi connectivity index (χ3v) is 5.01. The number of benzene rings is 1. The molecule has 1 heterocycles. The Bertz CT molecular complexity index is 830. The van der Waals surface area contributed by atoms with Gasteiger partial charge >= 0.3 is 5.97 Å². The topological polar surface area (TPSA) is 82.8 Å². The molecule has 27 heavy (non-hydrogen) atoms. The summed E-state index contributed by atoms with van der Waals surface area (Å²) in [7, 11) is -3.90. The number of ether oxygens (including phenoxy) is 1. The zero-order chi connectivity index (χ0) is 20.1. The smallest absolute Gasteiger partial charge is 0.306 e. The fraction of sp³-hybridized carbons (Fsp3) is 0.450. The largest absolute Gasteiger partial charge is 0.469 e. The summed E-state index contributed by atoms with van der Waals surface area (Å²) >= 11 is 0. The lowest BCUT2D eigenvalue weighted by Gasteiger charge is -2.22. The molecule has 0 aliphatic rings. The van der Waals surface area contributed by atoms with Gasteiger partial charge in [-0.05, 0) is 52.0 Å². The van der Waals surface area contributed by atoms with Crippen molar-refractivity contribution in [3.05, 3.63) is 54.0 Å². The summed E-state index contributed by atoms with van der Waals surface area (Å²) in [6.07, 6.45) is 1.93. The maximum absolute atomic E-state index is 12.4. The molecule has 0 aliphatic carbocycles. The second-order valence-electron chi connectivity index (χ2n) is 7.49. The van der Waals surface area contributed by atoms with Crippen LogP contribution in [0.3, 0.4) is 0 Å². The number of rotatable bonds is 8. The predicted molar refractivity (Wildman–Crippen MR) is 101 cm³/mol. The molecule has 148 valence electrons. The minimum atomic E-state index is -3.90. The second kappa shape index (κ2) is 8.71. The maximum atomic E-state index is 12.4. The summed E-state index contributed by atoms with van der Waals surface area (Å²) < 4.78 is 40.7. The van der Waals surface area contributed by atoms with Crippen molar-refractivity contribution in [3.8, 4) is 0 Å². The Morgan fingerprint density at radius 2 is 1.81 bits per heavy atom. The predicted octanol–water partition coefficient (Wildman–Crippen LogP) is 3.88. The Hall–Kier alpha value is -2.12. The van der Waals surface area contributed by atoms with Gasteiger partial charge in [0.1, 0.15) is 11.4 Å². The van der Waals surface area contributed by atoms with Gasteiger partial charge in [0.25, 0.3) is 10.1 Å². The second-order valence-corrected chi connectivity index (χ2v) is 9.11. The molecule has 0 radical (unpaired) electrons. The van der Waals surface area contributed by atoms with Crippen molar-refractivity contribution in [1.29, 1.82) is 0 Å². The quantitative estimate of drug-likeness (QED) is 0.499. The molecule has 1 aromatic carbocycles.